The molecular formula is C14H8I2N4O2. The molecule has 0 aliphatic heterocycles. The zero-order valence-electron chi connectivity index (χ0n) is 11.3. The molecule has 0 aromatic heterocycles. The van der Waals surface area contributed by atoms with E-state index in [0.717, 1.165) is 0 Å². The van der Waals surface area contributed by atoms with Gasteiger partial charge in [0.05, 0.1) is 17.9 Å². The van der Waals surface area contributed by atoms with Gasteiger partial charge in [0.15, 0.2) is 5.57 Å². The van der Waals surface area contributed by atoms with Gasteiger partial charge < -0.3 is 10.1 Å². The van der Waals surface area contributed by atoms with Gasteiger partial charge in [0.1, 0.15) is 23.9 Å². The van der Waals surface area contributed by atoms with Crippen molar-refractivity contribution >= 4 is 56.8 Å². The Hall–Kier alpha value is -1.84. The van der Waals surface area contributed by atoms with Gasteiger partial charge in [0.25, 0.3) is 0 Å². The average molecular weight is 518 g/mol. The van der Waals surface area contributed by atoms with Crippen LogP contribution >= 0.6 is 45.2 Å². The van der Waals surface area contributed by atoms with Crippen molar-refractivity contribution in [1.29, 1.82) is 15.8 Å². The van der Waals surface area contributed by atoms with Gasteiger partial charge in [0, 0.05) is 7.14 Å². The summed E-state index contributed by atoms with van der Waals surface area (Å²) in [5.41, 5.74) is 0.506. The quantitative estimate of drug-likeness (QED) is 0.373. The number of carbonyl (C=O) groups excluding carboxylic acids is 1. The summed E-state index contributed by atoms with van der Waals surface area (Å²) in [5, 5.41) is 29.5. The number of allylic oxidation sites excluding steroid dienone is 2. The predicted octanol–water partition coefficient (Wildman–Crippen LogP) is 3.31. The normalized spacial score (nSPS) is 8.91. The topological polar surface area (TPSA) is 110 Å². The molecule has 0 saturated carbocycles. The molecule has 1 rings (SSSR count). The van der Waals surface area contributed by atoms with E-state index in [9.17, 15) is 4.79 Å². The first-order valence-corrected chi connectivity index (χ1v) is 8.02. The molecular weight excluding hydrogens is 510 g/mol. The van der Waals surface area contributed by atoms with Gasteiger partial charge in [0.2, 0.25) is 0 Å². The molecule has 0 atom stereocenters. The van der Waals surface area contributed by atoms with Crippen LogP contribution in [-0.2, 0) is 4.74 Å². The fourth-order valence-corrected chi connectivity index (χ4v) is 3.47. The molecule has 0 radical (unpaired) electrons. The third kappa shape index (κ3) is 4.33. The Morgan fingerprint density at radius 1 is 1.18 bits per heavy atom. The Morgan fingerprint density at radius 2 is 1.73 bits per heavy atom. The Labute approximate surface area is 154 Å². The van der Waals surface area contributed by atoms with E-state index in [2.05, 4.69) is 5.32 Å². The van der Waals surface area contributed by atoms with Crippen LogP contribution < -0.4 is 5.32 Å². The van der Waals surface area contributed by atoms with Crippen LogP contribution in [0.4, 0.5) is 5.69 Å². The minimum atomic E-state index is -0.435. The van der Waals surface area contributed by atoms with E-state index >= 15 is 0 Å². The lowest BCUT2D eigenvalue weighted by atomic mass is 10.2. The minimum Gasteiger partial charge on any atom is -0.462 e. The van der Waals surface area contributed by atoms with E-state index in [1.165, 1.54) is 0 Å². The predicted molar refractivity (Wildman–Crippen MR) is 95.3 cm³/mol. The van der Waals surface area contributed by atoms with E-state index in [1.54, 1.807) is 37.3 Å². The molecule has 0 amide bonds. The Bertz CT molecular complexity index is 728. The molecule has 0 saturated heterocycles. The fraction of sp³-hybridized carbons (Fsp3) is 0.143. The van der Waals surface area contributed by atoms with Gasteiger partial charge in [-0.3, -0.25) is 0 Å². The summed E-state index contributed by atoms with van der Waals surface area (Å²) < 4.78 is 6.26. The number of nitrogens with zero attached hydrogens (tertiary/aromatic N) is 3. The zero-order chi connectivity index (χ0) is 16.7. The fourth-order valence-electron chi connectivity index (χ4n) is 1.43. The highest BCUT2D eigenvalue weighted by Gasteiger charge is 2.15. The highest BCUT2D eigenvalue weighted by atomic mass is 127. The molecule has 1 N–H and O–H groups in total. The molecule has 110 valence electrons. The summed E-state index contributed by atoms with van der Waals surface area (Å²) in [6.07, 6.45) is 0. The van der Waals surface area contributed by atoms with E-state index in [1.807, 2.05) is 45.2 Å². The molecule has 6 nitrogen and oxygen atoms in total. The van der Waals surface area contributed by atoms with E-state index < -0.39 is 5.97 Å². The number of hydrogen-bond donors (Lipinski definition) is 1. The van der Waals surface area contributed by atoms with Crippen molar-refractivity contribution in [3.05, 3.63) is 36.1 Å². The number of nitrogens with one attached hydrogen (secondary N) is 1. The highest BCUT2D eigenvalue weighted by molar-refractivity contribution is 14.1. The number of rotatable bonds is 4. The van der Waals surface area contributed by atoms with Crippen molar-refractivity contribution in [2.24, 2.45) is 0 Å². The van der Waals surface area contributed by atoms with Gasteiger partial charge >= 0.3 is 5.97 Å². The van der Waals surface area contributed by atoms with Gasteiger partial charge in [-0.2, -0.15) is 15.8 Å². The summed E-state index contributed by atoms with van der Waals surface area (Å²) in [7, 11) is 0. The number of carbonyl (C=O) groups is 1. The lowest BCUT2D eigenvalue weighted by Crippen LogP contribution is -2.08. The molecule has 0 heterocycles. The monoisotopic (exact) mass is 518 g/mol. The number of anilines is 1. The van der Waals surface area contributed by atoms with Crippen LogP contribution in [0.25, 0.3) is 0 Å². The zero-order valence-corrected chi connectivity index (χ0v) is 15.6. The number of nitriles is 3. The Balaban J connectivity index is 3.28. The summed E-state index contributed by atoms with van der Waals surface area (Å²) in [6, 6.07) is 8.33. The second kappa shape index (κ2) is 8.57. The van der Waals surface area contributed by atoms with Gasteiger partial charge in [-0.25, -0.2) is 4.79 Å². The summed E-state index contributed by atoms with van der Waals surface area (Å²) in [4.78, 5) is 11.7. The molecule has 22 heavy (non-hydrogen) atoms. The van der Waals surface area contributed by atoms with Crippen LogP contribution in [0.15, 0.2) is 23.4 Å². The summed E-state index contributed by atoms with van der Waals surface area (Å²) in [6.45, 7) is 2.00. The second-order valence-electron chi connectivity index (χ2n) is 3.75. The molecule has 1 aromatic rings. The largest absolute Gasteiger partial charge is 0.462 e. The maximum Gasteiger partial charge on any atom is 0.338 e. The van der Waals surface area contributed by atoms with Crippen molar-refractivity contribution < 1.29 is 9.53 Å². The van der Waals surface area contributed by atoms with E-state index in [0.29, 0.717) is 18.4 Å². The van der Waals surface area contributed by atoms with Gasteiger partial charge in [-0.15, -0.1) is 0 Å². The first-order chi connectivity index (χ1) is 10.5. The molecule has 0 aliphatic rings. The lowest BCUT2D eigenvalue weighted by Gasteiger charge is -2.12. The van der Waals surface area contributed by atoms with Crippen LogP contribution in [0.3, 0.4) is 0 Å². The smallest absolute Gasteiger partial charge is 0.338 e. The van der Waals surface area contributed by atoms with Crippen molar-refractivity contribution in [3.8, 4) is 18.2 Å². The highest BCUT2D eigenvalue weighted by Crippen LogP contribution is 2.28. The molecule has 0 unspecified atom stereocenters. The standard InChI is InChI=1S/C14H8I2N4O2/c1-2-22-14(21)8-3-10(15)13(11(16)4-8)20-12(7-19)9(5-17)6-18/h3-4,20H,2H2,1H3. The molecule has 0 bridgehead atoms. The SMILES string of the molecule is CCOC(=O)c1cc(I)c(NC(C#N)=C(C#N)C#N)c(I)c1. The number of benzene rings is 1. The summed E-state index contributed by atoms with van der Waals surface area (Å²) >= 11 is 4.00. The van der Waals surface area contributed by atoms with Crippen LogP contribution in [0.5, 0.6) is 0 Å². The van der Waals surface area contributed by atoms with Crippen molar-refractivity contribution in [3.63, 3.8) is 0 Å². The molecule has 0 spiro atoms. The van der Waals surface area contributed by atoms with E-state index in [-0.39, 0.29) is 17.9 Å². The number of ether oxygens (including phenoxy) is 1. The van der Waals surface area contributed by atoms with Gasteiger partial charge in [-0.1, -0.05) is 0 Å². The first-order valence-electron chi connectivity index (χ1n) is 5.86. The average Bonchev–Trinajstić information content (AvgIpc) is 2.49. The van der Waals surface area contributed by atoms with Crippen molar-refractivity contribution in [1.82, 2.24) is 0 Å². The van der Waals surface area contributed by atoms with Crippen molar-refractivity contribution in [2.75, 3.05) is 11.9 Å². The number of esters is 1. The van der Waals surface area contributed by atoms with Crippen LogP contribution in [0.1, 0.15) is 17.3 Å². The van der Waals surface area contributed by atoms with Crippen LogP contribution in [0, 0.1) is 41.1 Å². The third-order valence-corrected chi connectivity index (χ3v) is 4.09. The van der Waals surface area contributed by atoms with Crippen molar-refractivity contribution in [2.45, 2.75) is 6.92 Å². The van der Waals surface area contributed by atoms with E-state index in [4.69, 9.17) is 20.5 Å². The maximum atomic E-state index is 11.7. The lowest BCUT2D eigenvalue weighted by molar-refractivity contribution is 0.0526. The van der Waals surface area contributed by atoms with Gasteiger partial charge in [-0.05, 0) is 64.2 Å². The molecule has 8 heteroatoms. The molecule has 0 fully saturated rings. The summed E-state index contributed by atoms with van der Waals surface area (Å²) in [5.74, 6) is -0.435. The number of hydrogen-bond acceptors (Lipinski definition) is 6. The molecule has 0 aliphatic carbocycles. The first kappa shape index (κ1) is 18.2. The third-order valence-electron chi connectivity index (χ3n) is 2.39. The Kier molecular flexibility index (Phi) is 7.09. The second-order valence-corrected chi connectivity index (χ2v) is 6.07. The molecule has 1 aromatic carbocycles. The van der Waals surface area contributed by atoms with Crippen LogP contribution in [-0.4, -0.2) is 12.6 Å². The minimum absolute atomic E-state index is 0.135. The number of halogens is 2. The maximum absolute atomic E-state index is 11.7. The van der Waals surface area contributed by atoms with Crippen LogP contribution in [0.2, 0.25) is 0 Å². The Morgan fingerprint density at radius 3 is 2.14 bits per heavy atom.